The Morgan fingerprint density at radius 2 is 1.89 bits per heavy atom. The van der Waals surface area contributed by atoms with Crippen LogP contribution in [0.5, 0.6) is 0 Å². The number of thiophene rings is 1. The molecule has 0 unspecified atom stereocenters. The van der Waals surface area contributed by atoms with Crippen molar-refractivity contribution in [2.24, 2.45) is 0 Å². The molecule has 0 amide bonds. The van der Waals surface area contributed by atoms with E-state index in [0.29, 0.717) is 0 Å². The summed E-state index contributed by atoms with van der Waals surface area (Å²) in [6, 6.07) is 17.2. The van der Waals surface area contributed by atoms with Crippen LogP contribution in [0.15, 0.2) is 54.7 Å². The van der Waals surface area contributed by atoms with E-state index in [1.54, 1.807) is 0 Å². The molecule has 2 heterocycles. The fourth-order valence-electron chi connectivity index (χ4n) is 2.22. The van der Waals surface area contributed by atoms with Crippen LogP contribution in [-0.2, 0) is 0 Å². The van der Waals surface area contributed by atoms with Crippen LogP contribution in [-0.4, -0.2) is 10.2 Å². The maximum Gasteiger partial charge on any atom is 0.0650 e. The Morgan fingerprint density at radius 1 is 0.944 bits per heavy atom. The lowest BCUT2D eigenvalue weighted by molar-refractivity contribution is 1.12. The maximum absolute atomic E-state index is 4.06. The van der Waals surface area contributed by atoms with Crippen molar-refractivity contribution in [3.05, 3.63) is 54.7 Å². The summed E-state index contributed by atoms with van der Waals surface area (Å²) in [5.41, 5.74) is 2.34. The van der Waals surface area contributed by atoms with E-state index in [-0.39, 0.29) is 0 Å². The monoisotopic (exact) mass is 250 g/mol. The van der Waals surface area contributed by atoms with Gasteiger partial charge in [0.05, 0.1) is 11.7 Å². The number of rotatable bonds is 1. The Balaban J connectivity index is 1.94. The molecular formula is C15H10N2S. The van der Waals surface area contributed by atoms with E-state index in [4.69, 9.17) is 0 Å². The normalized spacial score (nSPS) is 11.3. The van der Waals surface area contributed by atoms with Crippen LogP contribution < -0.4 is 0 Å². The van der Waals surface area contributed by atoms with Gasteiger partial charge in [-0.2, -0.15) is 5.10 Å². The Labute approximate surface area is 108 Å². The second-order valence-electron chi connectivity index (χ2n) is 4.32. The molecule has 0 fully saturated rings. The van der Waals surface area contributed by atoms with Gasteiger partial charge in [0.15, 0.2) is 0 Å². The van der Waals surface area contributed by atoms with E-state index in [1.165, 1.54) is 20.5 Å². The quantitative estimate of drug-likeness (QED) is 0.531. The molecule has 2 aromatic heterocycles. The first kappa shape index (κ1) is 9.85. The van der Waals surface area contributed by atoms with E-state index < -0.39 is 0 Å². The summed E-state index contributed by atoms with van der Waals surface area (Å²) in [7, 11) is 0. The van der Waals surface area contributed by atoms with Crippen LogP contribution in [0.3, 0.4) is 0 Å². The number of aromatic nitrogens is 2. The summed E-state index contributed by atoms with van der Waals surface area (Å²) in [4.78, 5) is 1.30. The molecule has 0 saturated heterocycles. The van der Waals surface area contributed by atoms with Gasteiger partial charge in [-0.25, -0.2) is 0 Å². The number of nitrogens with zero attached hydrogens (tertiary/aromatic N) is 1. The van der Waals surface area contributed by atoms with Gasteiger partial charge < -0.3 is 0 Å². The lowest BCUT2D eigenvalue weighted by Gasteiger charge is -1.96. The Bertz CT molecular complexity index is 809. The van der Waals surface area contributed by atoms with Crippen molar-refractivity contribution in [2.75, 3.05) is 0 Å². The lowest BCUT2D eigenvalue weighted by Crippen LogP contribution is -1.72. The fourth-order valence-corrected chi connectivity index (χ4v) is 3.28. The minimum Gasteiger partial charge on any atom is -0.278 e. The molecule has 0 aliphatic carbocycles. The number of H-pyrrole nitrogens is 1. The highest BCUT2D eigenvalue weighted by Gasteiger charge is 2.05. The van der Waals surface area contributed by atoms with Crippen LogP contribution in [0.1, 0.15) is 0 Å². The van der Waals surface area contributed by atoms with Crippen molar-refractivity contribution < 1.29 is 0 Å². The molecule has 0 aliphatic rings. The molecule has 2 nitrogen and oxygen atoms in total. The molecule has 4 rings (SSSR count). The van der Waals surface area contributed by atoms with Gasteiger partial charge in [0.2, 0.25) is 0 Å². The third-order valence-electron chi connectivity index (χ3n) is 3.15. The van der Waals surface area contributed by atoms with E-state index >= 15 is 0 Å². The van der Waals surface area contributed by atoms with Crippen LogP contribution in [0.4, 0.5) is 0 Å². The number of aromatic amines is 1. The molecule has 0 saturated carbocycles. The average Bonchev–Trinajstić information content (AvgIpc) is 3.04. The number of nitrogens with one attached hydrogen (secondary N) is 1. The minimum atomic E-state index is 1.08. The number of benzene rings is 2. The van der Waals surface area contributed by atoms with Crippen LogP contribution in [0, 0.1) is 0 Å². The third kappa shape index (κ3) is 1.45. The molecule has 86 valence electrons. The topological polar surface area (TPSA) is 28.7 Å². The van der Waals surface area contributed by atoms with Crippen molar-refractivity contribution in [1.82, 2.24) is 10.2 Å². The van der Waals surface area contributed by atoms with E-state index in [1.807, 2.05) is 17.5 Å². The van der Waals surface area contributed by atoms with E-state index in [2.05, 4.69) is 58.7 Å². The molecule has 0 atom stereocenters. The largest absolute Gasteiger partial charge is 0.278 e. The van der Waals surface area contributed by atoms with Crippen molar-refractivity contribution in [3.63, 3.8) is 0 Å². The molecule has 2 aromatic carbocycles. The van der Waals surface area contributed by atoms with Crippen molar-refractivity contribution in [3.8, 4) is 10.4 Å². The van der Waals surface area contributed by atoms with Crippen LogP contribution in [0.2, 0.25) is 0 Å². The Kier molecular flexibility index (Phi) is 2.02. The first-order chi connectivity index (χ1) is 8.90. The fraction of sp³-hybridized carbons (Fsp3) is 0. The first-order valence-corrected chi connectivity index (χ1v) is 6.64. The van der Waals surface area contributed by atoms with Crippen LogP contribution >= 0.6 is 11.3 Å². The summed E-state index contributed by atoms with van der Waals surface area (Å²) >= 11 is 1.83. The minimum absolute atomic E-state index is 1.08. The van der Waals surface area contributed by atoms with Gasteiger partial charge >= 0.3 is 0 Å². The van der Waals surface area contributed by atoms with E-state index in [9.17, 15) is 0 Å². The standard InChI is InChI=1S/C15H10N2S/c1-2-4-14-10(3-1)8-15(18-14)11-5-6-13-12(7-11)9-16-17-13/h1-9H,(H,16,17). The van der Waals surface area contributed by atoms with Crippen molar-refractivity contribution in [2.45, 2.75) is 0 Å². The summed E-state index contributed by atoms with van der Waals surface area (Å²) < 4.78 is 1.33. The predicted octanol–water partition coefficient (Wildman–Crippen LogP) is 4.44. The lowest BCUT2D eigenvalue weighted by atomic mass is 10.1. The van der Waals surface area contributed by atoms with Gasteiger partial charge in [0.25, 0.3) is 0 Å². The molecular weight excluding hydrogens is 240 g/mol. The second kappa shape index (κ2) is 3.68. The Hall–Kier alpha value is -2.13. The highest BCUT2D eigenvalue weighted by Crippen LogP contribution is 2.34. The molecule has 1 N–H and O–H groups in total. The van der Waals surface area contributed by atoms with Crippen LogP contribution in [0.25, 0.3) is 31.4 Å². The summed E-state index contributed by atoms with van der Waals surface area (Å²) in [5.74, 6) is 0. The van der Waals surface area contributed by atoms with Gasteiger partial charge in [-0.15, -0.1) is 11.3 Å². The highest BCUT2D eigenvalue weighted by molar-refractivity contribution is 7.22. The number of hydrogen-bond donors (Lipinski definition) is 1. The molecule has 18 heavy (non-hydrogen) atoms. The van der Waals surface area contributed by atoms with Gasteiger partial charge in [-0.3, -0.25) is 5.10 Å². The maximum atomic E-state index is 4.06. The summed E-state index contributed by atoms with van der Waals surface area (Å²) in [6.45, 7) is 0. The molecule has 0 spiro atoms. The van der Waals surface area contributed by atoms with Crippen molar-refractivity contribution in [1.29, 1.82) is 0 Å². The molecule has 0 radical (unpaired) electrons. The SMILES string of the molecule is c1ccc2sc(-c3ccc4[nH]ncc4c3)cc2c1. The molecule has 0 aliphatic heterocycles. The average molecular weight is 250 g/mol. The second-order valence-corrected chi connectivity index (χ2v) is 5.40. The molecule has 0 bridgehead atoms. The highest BCUT2D eigenvalue weighted by atomic mass is 32.1. The van der Waals surface area contributed by atoms with Gasteiger partial charge in [-0.1, -0.05) is 24.3 Å². The van der Waals surface area contributed by atoms with Gasteiger partial charge in [-0.05, 0) is 35.2 Å². The molecule has 4 aromatic rings. The zero-order chi connectivity index (χ0) is 11.9. The smallest absolute Gasteiger partial charge is 0.0650 e. The van der Waals surface area contributed by atoms with E-state index in [0.717, 1.165) is 10.9 Å². The predicted molar refractivity (Wildman–Crippen MR) is 76.9 cm³/mol. The Morgan fingerprint density at radius 3 is 2.83 bits per heavy atom. The number of fused-ring (bicyclic) bond motifs is 2. The zero-order valence-electron chi connectivity index (χ0n) is 9.55. The van der Waals surface area contributed by atoms with Gasteiger partial charge in [0.1, 0.15) is 0 Å². The summed E-state index contributed by atoms with van der Waals surface area (Å²) in [5, 5.41) is 9.50. The van der Waals surface area contributed by atoms with Gasteiger partial charge in [0, 0.05) is 15.0 Å². The number of hydrogen-bond acceptors (Lipinski definition) is 2. The zero-order valence-corrected chi connectivity index (χ0v) is 10.4. The third-order valence-corrected chi connectivity index (χ3v) is 4.32. The summed E-state index contributed by atoms with van der Waals surface area (Å²) in [6.07, 6.45) is 1.87. The van der Waals surface area contributed by atoms with Crippen molar-refractivity contribution >= 4 is 32.3 Å². The first-order valence-electron chi connectivity index (χ1n) is 5.82. The molecule has 3 heteroatoms.